The number of nitrogen functional groups attached to an aromatic ring is 1. The highest BCUT2D eigenvalue weighted by Gasteiger charge is 2.26. The summed E-state index contributed by atoms with van der Waals surface area (Å²) < 4.78 is 11.2. The number of esters is 2. The Kier molecular flexibility index (Phi) is 6.22. The van der Waals surface area contributed by atoms with Gasteiger partial charge in [0.15, 0.2) is 5.69 Å². The van der Waals surface area contributed by atoms with Crippen molar-refractivity contribution < 1.29 is 24.0 Å². The van der Waals surface area contributed by atoms with Crippen LogP contribution in [0.1, 0.15) is 38.3 Å². The summed E-state index contributed by atoms with van der Waals surface area (Å²) in [7, 11) is 1.16. The normalized spacial score (nSPS) is 10.4. The van der Waals surface area contributed by atoms with E-state index in [1.54, 1.807) is 13.8 Å². The molecule has 0 radical (unpaired) electrons. The van der Waals surface area contributed by atoms with Crippen LogP contribution < -0.4 is 5.73 Å². The van der Waals surface area contributed by atoms with Gasteiger partial charge in [0, 0.05) is 23.9 Å². The number of carbonyl (C=O) groups is 2. The molecule has 0 saturated carbocycles. The maximum Gasteiger partial charge on any atom is 0.357 e. The molecule has 2 N–H and O–H groups in total. The van der Waals surface area contributed by atoms with Crippen LogP contribution in [0.15, 0.2) is 24.4 Å². The molecule has 164 valence electrons. The molecule has 0 saturated heterocycles. The monoisotopic (exact) mass is 455 g/mol. The van der Waals surface area contributed by atoms with E-state index in [9.17, 15) is 25.0 Å². The Morgan fingerprint density at radius 2 is 2.09 bits per heavy atom. The first kappa shape index (κ1) is 22.4. The summed E-state index contributed by atoms with van der Waals surface area (Å²) in [6.07, 6.45) is 1.33. The number of benzene rings is 1. The van der Waals surface area contributed by atoms with Gasteiger partial charge in [0.25, 0.3) is 5.69 Å². The zero-order valence-corrected chi connectivity index (χ0v) is 18.1. The van der Waals surface area contributed by atoms with Crippen LogP contribution in [0, 0.1) is 28.4 Å². The minimum atomic E-state index is -0.796. The molecule has 32 heavy (non-hydrogen) atoms. The minimum Gasteiger partial charge on any atom is -0.464 e. The lowest BCUT2D eigenvalue weighted by molar-refractivity contribution is -0.384. The molecule has 1 aromatic carbocycles. The molecular formula is C20H17N5O6S. The van der Waals surface area contributed by atoms with E-state index in [1.807, 2.05) is 6.07 Å². The maximum absolute atomic E-state index is 12.4. The number of hydrogen-bond donors (Lipinski definition) is 1. The van der Waals surface area contributed by atoms with Gasteiger partial charge in [-0.25, -0.2) is 14.6 Å². The second-order valence-electron chi connectivity index (χ2n) is 6.39. The van der Waals surface area contributed by atoms with Crippen LogP contribution in [0.4, 0.5) is 11.4 Å². The van der Waals surface area contributed by atoms with Gasteiger partial charge in [-0.1, -0.05) is 0 Å². The van der Waals surface area contributed by atoms with Crippen LogP contribution in [0.25, 0.3) is 16.3 Å². The van der Waals surface area contributed by atoms with Crippen molar-refractivity contribution in [3.05, 3.63) is 56.3 Å². The number of thiazole rings is 1. The topological polar surface area (TPSA) is 163 Å². The number of ether oxygens (including phenoxy) is 2. The molecule has 0 aliphatic rings. The molecule has 0 bridgehead atoms. The van der Waals surface area contributed by atoms with Gasteiger partial charge in [-0.15, -0.1) is 11.3 Å². The van der Waals surface area contributed by atoms with Crippen molar-refractivity contribution in [3.63, 3.8) is 0 Å². The smallest absolute Gasteiger partial charge is 0.357 e. The first-order valence-electron chi connectivity index (χ1n) is 9.16. The largest absolute Gasteiger partial charge is 0.464 e. The van der Waals surface area contributed by atoms with Crippen molar-refractivity contribution in [3.8, 4) is 22.3 Å². The van der Waals surface area contributed by atoms with E-state index in [0.29, 0.717) is 5.69 Å². The predicted octanol–water partition coefficient (Wildman–Crippen LogP) is 3.23. The summed E-state index contributed by atoms with van der Waals surface area (Å²) >= 11 is 0.993. The summed E-state index contributed by atoms with van der Waals surface area (Å²) in [5.41, 5.74) is 6.49. The van der Waals surface area contributed by atoms with E-state index in [-0.39, 0.29) is 50.4 Å². The molecule has 0 amide bonds. The van der Waals surface area contributed by atoms with Crippen molar-refractivity contribution in [2.24, 2.45) is 0 Å². The number of rotatable bonds is 6. The minimum absolute atomic E-state index is 0.0252. The second kappa shape index (κ2) is 8.86. The Hall–Kier alpha value is -4.24. The van der Waals surface area contributed by atoms with Crippen molar-refractivity contribution in [1.82, 2.24) is 9.55 Å². The molecule has 12 heteroatoms. The number of methoxy groups -OCH3 is 1. The van der Waals surface area contributed by atoms with E-state index in [0.717, 1.165) is 18.4 Å². The molecule has 0 aliphatic heterocycles. The van der Waals surface area contributed by atoms with Crippen LogP contribution >= 0.6 is 11.3 Å². The fourth-order valence-corrected chi connectivity index (χ4v) is 4.01. The maximum atomic E-state index is 12.4. The van der Waals surface area contributed by atoms with Crippen molar-refractivity contribution in [1.29, 1.82) is 5.26 Å². The fourth-order valence-electron chi connectivity index (χ4n) is 3.02. The highest BCUT2D eigenvalue weighted by molar-refractivity contribution is 7.17. The van der Waals surface area contributed by atoms with E-state index in [2.05, 4.69) is 4.98 Å². The van der Waals surface area contributed by atoms with Gasteiger partial charge in [0.1, 0.15) is 16.0 Å². The number of nitro groups is 1. The van der Waals surface area contributed by atoms with Gasteiger partial charge in [0.05, 0.1) is 41.3 Å². The summed E-state index contributed by atoms with van der Waals surface area (Å²) in [5.74, 6) is -1.36. The Balaban J connectivity index is 2.31. The quantitative estimate of drug-likeness (QED) is 0.334. The average Bonchev–Trinajstić information content (AvgIpc) is 3.32. The predicted molar refractivity (Wildman–Crippen MR) is 115 cm³/mol. The van der Waals surface area contributed by atoms with E-state index >= 15 is 0 Å². The molecule has 0 fully saturated rings. The molecule has 3 rings (SSSR count). The highest BCUT2D eigenvalue weighted by atomic mass is 32.1. The zero-order valence-electron chi connectivity index (χ0n) is 17.2. The van der Waals surface area contributed by atoms with Crippen molar-refractivity contribution in [2.75, 3.05) is 19.5 Å². The first-order valence-corrected chi connectivity index (χ1v) is 9.98. The fraction of sp³-hybridized carbons (Fsp3) is 0.200. The first-order chi connectivity index (χ1) is 15.2. The Bertz CT molecular complexity index is 1290. The molecular weight excluding hydrogens is 438 g/mol. The number of anilines is 1. The summed E-state index contributed by atoms with van der Waals surface area (Å²) in [4.78, 5) is 40.1. The van der Waals surface area contributed by atoms with Crippen molar-refractivity contribution in [2.45, 2.75) is 13.8 Å². The summed E-state index contributed by atoms with van der Waals surface area (Å²) in [6.45, 7) is 3.46. The standard InChI is InChI=1S/C20H17N5O6S/c1-4-31-20(27)17-10(2)23-18(32-17)13-7-12(25(28)29)5-6-14(13)24-9-11(8-21)15(22)16(24)19(26)30-3/h5-7,9H,4,22H2,1-3H3. The number of non-ortho nitro benzene ring substituents is 1. The number of aryl methyl sites for hydroxylation is 1. The molecule has 11 nitrogen and oxygen atoms in total. The molecule has 0 atom stereocenters. The van der Waals surface area contributed by atoms with E-state index < -0.39 is 16.9 Å². The number of hydrogen-bond acceptors (Lipinski definition) is 10. The van der Waals surface area contributed by atoms with Gasteiger partial charge in [0.2, 0.25) is 0 Å². The van der Waals surface area contributed by atoms with Gasteiger partial charge < -0.3 is 19.8 Å². The highest BCUT2D eigenvalue weighted by Crippen LogP contribution is 2.37. The third-order valence-electron chi connectivity index (χ3n) is 4.48. The number of carbonyl (C=O) groups excluding carboxylic acids is 2. The molecule has 0 aliphatic carbocycles. The van der Waals surface area contributed by atoms with Crippen LogP contribution in [0.5, 0.6) is 0 Å². The lowest BCUT2D eigenvalue weighted by atomic mass is 10.1. The molecule has 2 aromatic heterocycles. The van der Waals surface area contributed by atoms with E-state index in [1.165, 1.54) is 29.0 Å². The van der Waals surface area contributed by atoms with Crippen molar-refractivity contribution >= 4 is 34.7 Å². The third kappa shape index (κ3) is 3.88. The van der Waals surface area contributed by atoms with E-state index in [4.69, 9.17) is 15.2 Å². The third-order valence-corrected chi connectivity index (χ3v) is 5.65. The van der Waals surface area contributed by atoms with Gasteiger partial charge in [-0.2, -0.15) is 5.26 Å². The summed E-state index contributed by atoms with van der Waals surface area (Å²) in [6, 6.07) is 5.82. The van der Waals surface area contributed by atoms with Gasteiger partial charge >= 0.3 is 11.9 Å². The number of aromatic nitrogens is 2. The second-order valence-corrected chi connectivity index (χ2v) is 7.39. The molecule has 3 aromatic rings. The lowest BCUT2D eigenvalue weighted by Crippen LogP contribution is -2.11. The number of nitriles is 1. The number of nitro benzene ring substituents is 1. The van der Waals surface area contributed by atoms with Gasteiger partial charge in [-0.05, 0) is 19.9 Å². The number of nitrogens with two attached hydrogens (primary N) is 1. The van der Waals surface area contributed by atoms with Crippen LogP contribution in [0.3, 0.4) is 0 Å². The van der Waals surface area contributed by atoms with Crippen LogP contribution in [-0.2, 0) is 9.47 Å². The van der Waals surface area contributed by atoms with Crippen LogP contribution in [-0.4, -0.2) is 40.1 Å². The Morgan fingerprint density at radius 1 is 1.38 bits per heavy atom. The zero-order chi connectivity index (χ0) is 23.6. The average molecular weight is 455 g/mol. The van der Waals surface area contributed by atoms with Crippen LogP contribution in [0.2, 0.25) is 0 Å². The summed E-state index contributed by atoms with van der Waals surface area (Å²) in [5, 5.41) is 21.0. The SMILES string of the molecule is CCOC(=O)c1sc(-c2cc([N+](=O)[O-])ccc2-n2cc(C#N)c(N)c2C(=O)OC)nc1C. The molecule has 0 unspecified atom stereocenters. The molecule has 0 spiro atoms. The Labute approximate surface area is 185 Å². The molecule has 2 heterocycles. The Morgan fingerprint density at radius 3 is 2.69 bits per heavy atom. The van der Waals surface area contributed by atoms with Gasteiger partial charge in [-0.3, -0.25) is 10.1 Å². The number of nitrogens with zero attached hydrogens (tertiary/aromatic N) is 4. The lowest BCUT2D eigenvalue weighted by Gasteiger charge is -2.12.